The highest BCUT2D eigenvalue weighted by Gasteiger charge is 2.09. The van der Waals surface area contributed by atoms with Crippen molar-refractivity contribution < 1.29 is 9.18 Å². The zero-order chi connectivity index (χ0) is 16.8. The minimum Gasteiger partial charge on any atom is -0.338 e. The van der Waals surface area contributed by atoms with E-state index in [9.17, 15) is 9.18 Å². The number of rotatable bonds is 6. The largest absolute Gasteiger partial charge is 0.338 e. The number of aromatic nitrogens is 6. The molecule has 0 saturated carbocycles. The summed E-state index contributed by atoms with van der Waals surface area (Å²) in [5.74, 6) is -0.541. The number of nitrogens with zero attached hydrogens (tertiary/aromatic N) is 6. The minimum absolute atomic E-state index is 0.0510. The van der Waals surface area contributed by atoms with Crippen LogP contribution in [0, 0.1) is 5.82 Å². The third-order valence-electron chi connectivity index (χ3n) is 3.25. The standard InChI is InChI=1S/C14H15FN8O/c15-12-3-2-11(23-10-18-20-21-23)8-13(12)19-14(24)17-4-1-6-22-7-5-16-9-22/h2-3,5,7-10H,1,4,6H2,(H2,17,19,24). The van der Waals surface area contributed by atoms with E-state index in [2.05, 4.69) is 31.1 Å². The Balaban J connectivity index is 1.53. The van der Waals surface area contributed by atoms with Crippen molar-refractivity contribution in [1.29, 1.82) is 0 Å². The third-order valence-corrected chi connectivity index (χ3v) is 3.25. The van der Waals surface area contributed by atoms with Gasteiger partial charge in [0.1, 0.15) is 12.1 Å². The number of carbonyl (C=O) groups is 1. The van der Waals surface area contributed by atoms with E-state index in [1.807, 2.05) is 10.8 Å². The number of hydrogen-bond donors (Lipinski definition) is 2. The van der Waals surface area contributed by atoms with Crippen LogP contribution in [0.1, 0.15) is 6.42 Å². The number of halogens is 1. The van der Waals surface area contributed by atoms with Gasteiger partial charge in [0, 0.05) is 25.5 Å². The molecule has 124 valence electrons. The second-order valence-electron chi connectivity index (χ2n) is 4.95. The molecule has 0 aliphatic carbocycles. The van der Waals surface area contributed by atoms with Crippen molar-refractivity contribution in [3.05, 3.63) is 49.1 Å². The number of tetrazole rings is 1. The summed E-state index contributed by atoms with van der Waals surface area (Å²) in [7, 11) is 0. The van der Waals surface area contributed by atoms with E-state index in [0.29, 0.717) is 12.2 Å². The molecule has 0 atom stereocenters. The molecule has 10 heteroatoms. The summed E-state index contributed by atoms with van der Waals surface area (Å²) in [5.41, 5.74) is 0.590. The van der Waals surface area contributed by atoms with Crippen LogP contribution in [-0.2, 0) is 6.54 Å². The highest BCUT2D eigenvalue weighted by Crippen LogP contribution is 2.18. The van der Waals surface area contributed by atoms with Gasteiger partial charge in [-0.05, 0) is 35.0 Å². The summed E-state index contributed by atoms with van der Waals surface area (Å²) in [4.78, 5) is 15.8. The van der Waals surface area contributed by atoms with E-state index < -0.39 is 11.8 Å². The van der Waals surface area contributed by atoms with Crippen LogP contribution in [0.5, 0.6) is 0 Å². The predicted molar refractivity (Wildman–Crippen MR) is 83.0 cm³/mol. The summed E-state index contributed by atoms with van der Waals surface area (Å²) in [6, 6.07) is 3.73. The van der Waals surface area contributed by atoms with E-state index in [1.54, 1.807) is 12.5 Å². The molecule has 0 aliphatic rings. The lowest BCUT2D eigenvalue weighted by Crippen LogP contribution is -2.30. The molecule has 3 rings (SSSR count). The lowest BCUT2D eigenvalue weighted by molar-refractivity contribution is 0.251. The van der Waals surface area contributed by atoms with Gasteiger partial charge >= 0.3 is 6.03 Å². The van der Waals surface area contributed by atoms with Gasteiger partial charge in [-0.1, -0.05) is 0 Å². The van der Waals surface area contributed by atoms with Crippen LogP contribution in [0.25, 0.3) is 5.69 Å². The minimum atomic E-state index is -0.541. The zero-order valence-corrected chi connectivity index (χ0v) is 12.6. The van der Waals surface area contributed by atoms with Gasteiger partial charge in [-0.2, -0.15) is 0 Å². The van der Waals surface area contributed by atoms with Gasteiger partial charge in [-0.15, -0.1) is 5.10 Å². The molecule has 2 aromatic heterocycles. The van der Waals surface area contributed by atoms with E-state index in [1.165, 1.54) is 29.2 Å². The number of benzene rings is 1. The quantitative estimate of drug-likeness (QED) is 0.661. The van der Waals surface area contributed by atoms with E-state index in [-0.39, 0.29) is 5.69 Å². The second-order valence-corrected chi connectivity index (χ2v) is 4.95. The first-order chi connectivity index (χ1) is 11.7. The Kier molecular flexibility index (Phi) is 4.75. The Morgan fingerprint density at radius 1 is 1.29 bits per heavy atom. The first-order valence-corrected chi connectivity index (χ1v) is 7.26. The number of nitrogens with one attached hydrogen (secondary N) is 2. The Morgan fingerprint density at radius 3 is 2.96 bits per heavy atom. The first kappa shape index (κ1) is 15.6. The molecule has 0 radical (unpaired) electrons. The van der Waals surface area contributed by atoms with Crippen molar-refractivity contribution in [3.63, 3.8) is 0 Å². The summed E-state index contributed by atoms with van der Waals surface area (Å²) in [5, 5.41) is 15.9. The average Bonchev–Trinajstić information content (AvgIpc) is 3.27. The number of urea groups is 1. The smallest absolute Gasteiger partial charge is 0.319 e. The number of imidazole rings is 1. The van der Waals surface area contributed by atoms with E-state index in [0.717, 1.165) is 13.0 Å². The fraction of sp³-hybridized carbons (Fsp3) is 0.214. The molecule has 24 heavy (non-hydrogen) atoms. The molecule has 0 fully saturated rings. The Bertz CT molecular complexity index is 787. The highest BCUT2D eigenvalue weighted by molar-refractivity contribution is 5.89. The predicted octanol–water partition coefficient (Wildman–Crippen LogP) is 1.21. The summed E-state index contributed by atoms with van der Waals surface area (Å²) in [6.45, 7) is 1.20. The fourth-order valence-corrected chi connectivity index (χ4v) is 2.08. The van der Waals surface area contributed by atoms with Gasteiger partial charge in [-0.3, -0.25) is 0 Å². The molecule has 0 spiro atoms. The molecule has 1 aromatic carbocycles. The molecule has 9 nitrogen and oxygen atoms in total. The van der Waals surface area contributed by atoms with Crippen molar-refractivity contribution in [1.82, 2.24) is 35.1 Å². The Hall–Kier alpha value is -3.30. The summed E-state index contributed by atoms with van der Waals surface area (Å²) in [6.07, 6.45) is 7.37. The SMILES string of the molecule is O=C(NCCCn1ccnc1)Nc1cc(-n2cnnn2)ccc1F. The lowest BCUT2D eigenvalue weighted by Gasteiger charge is -2.10. The Morgan fingerprint density at radius 2 is 2.21 bits per heavy atom. The highest BCUT2D eigenvalue weighted by atomic mass is 19.1. The number of anilines is 1. The molecular formula is C14H15FN8O. The topological polar surface area (TPSA) is 103 Å². The molecular weight excluding hydrogens is 315 g/mol. The molecule has 2 amide bonds. The van der Waals surface area contributed by atoms with Crippen molar-refractivity contribution >= 4 is 11.7 Å². The van der Waals surface area contributed by atoms with Crippen LogP contribution in [-0.4, -0.2) is 42.3 Å². The molecule has 3 aromatic rings. The number of hydrogen-bond acceptors (Lipinski definition) is 5. The van der Waals surface area contributed by atoms with Crippen LogP contribution >= 0.6 is 0 Å². The van der Waals surface area contributed by atoms with E-state index in [4.69, 9.17) is 0 Å². The maximum Gasteiger partial charge on any atom is 0.319 e. The normalized spacial score (nSPS) is 10.5. The number of amides is 2. The molecule has 2 N–H and O–H groups in total. The summed E-state index contributed by atoms with van der Waals surface area (Å²) < 4.78 is 17.1. The van der Waals surface area contributed by atoms with E-state index >= 15 is 0 Å². The van der Waals surface area contributed by atoms with Crippen LogP contribution in [0.4, 0.5) is 14.9 Å². The third kappa shape index (κ3) is 3.91. The maximum absolute atomic E-state index is 13.8. The zero-order valence-electron chi connectivity index (χ0n) is 12.6. The molecule has 0 saturated heterocycles. The second kappa shape index (κ2) is 7.31. The van der Waals surface area contributed by atoms with Crippen molar-refractivity contribution in [2.45, 2.75) is 13.0 Å². The Labute approximate surface area is 136 Å². The molecule has 0 aliphatic heterocycles. The number of carbonyl (C=O) groups excluding carboxylic acids is 1. The van der Waals surface area contributed by atoms with Gasteiger partial charge in [0.05, 0.1) is 17.7 Å². The van der Waals surface area contributed by atoms with Crippen molar-refractivity contribution in [2.75, 3.05) is 11.9 Å². The van der Waals surface area contributed by atoms with Crippen LogP contribution in [0.2, 0.25) is 0 Å². The number of aryl methyl sites for hydroxylation is 1. The molecule has 0 bridgehead atoms. The molecule has 2 heterocycles. The van der Waals surface area contributed by atoms with Gasteiger partial charge in [0.15, 0.2) is 0 Å². The average molecular weight is 330 g/mol. The van der Waals surface area contributed by atoms with Crippen molar-refractivity contribution in [2.24, 2.45) is 0 Å². The monoisotopic (exact) mass is 330 g/mol. The van der Waals surface area contributed by atoms with Gasteiger partial charge in [-0.25, -0.2) is 18.9 Å². The van der Waals surface area contributed by atoms with Gasteiger partial charge in [0.25, 0.3) is 0 Å². The van der Waals surface area contributed by atoms with Crippen molar-refractivity contribution in [3.8, 4) is 5.69 Å². The van der Waals surface area contributed by atoms with Crippen LogP contribution in [0.3, 0.4) is 0 Å². The summed E-state index contributed by atoms with van der Waals surface area (Å²) >= 11 is 0. The van der Waals surface area contributed by atoms with Gasteiger partial charge < -0.3 is 15.2 Å². The first-order valence-electron chi connectivity index (χ1n) is 7.26. The van der Waals surface area contributed by atoms with Crippen LogP contribution < -0.4 is 10.6 Å². The molecule has 0 unspecified atom stereocenters. The fourth-order valence-electron chi connectivity index (χ4n) is 2.08. The maximum atomic E-state index is 13.8. The lowest BCUT2D eigenvalue weighted by atomic mass is 10.2. The van der Waals surface area contributed by atoms with Crippen LogP contribution in [0.15, 0.2) is 43.2 Å². The van der Waals surface area contributed by atoms with Gasteiger partial charge in [0.2, 0.25) is 0 Å².